The van der Waals surface area contributed by atoms with Crippen LogP contribution in [0.2, 0.25) is 0 Å². The van der Waals surface area contributed by atoms with Crippen molar-refractivity contribution < 1.29 is 5.11 Å². The molecule has 18 heavy (non-hydrogen) atoms. The summed E-state index contributed by atoms with van der Waals surface area (Å²) in [7, 11) is 0. The van der Waals surface area contributed by atoms with Crippen LogP contribution in [0.1, 0.15) is 44.3 Å². The molecule has 0 bridgehead atoms. The highest BCUT2D eigenvalue weighted by Gasteiger charge is 2.21. The summed E-state index contributed by atoms with van der Waals surface area (Å²) in [5.74, 6) is 0. The molecule has 0 radical (unpaired) electrons. The van der Waals surface area contributed by atoms with Gasteiger partial charge < -0.3 is 9.67 Å². The molecule has 2 aromatic rings. The Balaban J connectivity index is 2.11. The SMILES string of the molecule is CC(O)Cc1cc2ccccc2n1C1CCCC1. The number of rotatable bonds is 3. The van der Waals surface area contributed by atoms with E-state index < -0.39 is 0 Å². The Hall–Kier alpha value is -1.28. The lowest BCUT2D eigenvalue weighted by Gasteiger charge is -2.18. The van der Waals surface area contributed by atoms with E-state index in [0.717, 1.165) is 6.42 Å². The predicted octanol–water partition coefficient (Wildman–Crippen LogP) is 3.68. The summed E-state index contributed by atoms with van der Waals surface area (Å²) in [6.45, 7) is 1.87. The number of aromatic nitrogens is 1. The standard InChI is InChI=1S/C16H21NO/c1-12(18)10-15-11-13-6-2-5-9-16(13)17(15)14-7-3-4-8-14/h2,5-6,9,11-12,14,18H,3-4,7-8,10H2,1H3. The van der Waals surface area contributed by atoms with E-state index in [0.29, 0.717) is 6.04 Å². The molecule has 3 rings (SSSR count). The van der Waals surface area contributed by atoms with Crippen molar-refractivity contribution in [1.82, 2.24) is 4.57 Å². The van der Waals surface area contributed by atoms with Gasteiger partial charge in [-0.25, -0.2) is 0 Å². The van der Waals surface area contributed by atoms with Crippen LogP contribution in [0.3, 0.4) is 0 Å². The van der Waals surface area contributed by atoms with Crippen molar-refractivity contribution in [3.05, 3.63) is 36.0 Å². The maximum absolute atomic E-state index is 9.68. The van der Waals surface area contributed by atoms with Crippen molar-refractivity contribution in [2.24, 2.45) is 0 Å². The molecule has 0 aliphatic heterocycles. The minimum absolute atomic E-state index is 0.269. The highest BCUT2D eigenvalue weighted by atomic mass is 16.3. The van der Waals surface area contributed by atoms with Gasteiger partial charge in [-0.3, -0.25) is 0 Å². The van der Waals surface area contributed by atoms with Gasteiger partial charge in [-0.2, -0.15) is 0 Å². The Morgan fingerprint density at radius 3 is 2.72 bits per heavy atom. The first-order valence-corrected chi connectivity index (χ1v) is 7.02. The summed E-state index contributed by atoms with van der Waals surface area (Å²) in [6.07, 6.45) is 5.73. The van der Waals surface area contributed by atoms with E-state index in [-0.39, 0.29) is 6.10 Å². The summed E-state index contributed by atoms with van der Waals surface area (Å²) in [5, 5.41) is 11.0. The van der Waals surface area contributed by atoms with E-state index in [1.165, 1.54) is 42.3 Å². The number of hydrogen-bond donors (Lipinski definition) is 1. The monoisotopic (exact) mass is 243 g/mol. The number of nitrogens with zero attached hydrogens (tertiary/aromatic N) is 1. The van der Waals surface area contributed by atoms with Gasteiger partial charge in [0.25, 0.3) is 0 Å². The molecule has 1 aromatic heterocycles. The molecule has 0 spiro atoms. The molecule has 2 nitrogen and oxygen atoms in total. The molecule has 1 aromatic carbocycles. The fraction of sp³-hybridized carbons (Fsp3) is 0.500. The lowest BCUT2D eigenvalue weighted by Crippen LogP contribution is -2.13. The quantitative estimate of drug-likeness (QED) is 0.874. The zero-order valence-corrected chi connectivity index (χ0v) is 11.0. The number of para-hydroxylation sites is 1. The molecule has 0 amide bonds. The molecule has 1 aliphatic carbocycles. The van der Waals surface area contributed by atoms with Gasteiger partial charge in [0.05, 0.1) is 6.10 Å². The molecule has 2 heteroatoms. The normalized spacial score (nSPS) is 18.6. The van der Waals surface area contributed by atoms with Crippen LogP contribution in [0.15, 0.2) is 30.3 Å². The summed E-state index contributed by atoms with van der Waals surface area (Å²) in [4.78, 5) is 0. The lowest BCUT2D eigenvalue weighted by molar-refractivity contribution is 0.192. The highest BCUT2D eigenvalue weighted by Crippen LogP contribution is 2.35. The summed E-state index contributed by atoms with van der Waals surface area (Å²) < 4.78 is 2.48. The van der Waals surface area contributed by atoms with E-state index in [4.69, 9.17) is 0 Å². The average molecular weight is 243 g/mol. The average Bonchev–Trinajstić information content (AvgIpc) is 2.93. The maximum Gasteiger partial charge on any atom is 0.0566 e. The zero-order valence-electron chi connectivity index (χ0n) is 11.0. The van der Waals surface area contributed by atoms with Crippen LogP contribution >= 0.6 is 0 Å². The molecule has 1 heterocycles. The van der Waals surface area contributed by atoms with Crippen LogP contribution in [-0.4, -0.2) is 15.8 Å². The van der Waals surface area contributed by atoms with Crippen LogP contribution < -0.4 is 0 Å². The van der Waals surface area contributed by atoms with Crippen LogP contribution in [-0.2, 0) is 6.42 Å². The molecule has 1 saturated carbocycles. The van der Waals surface area contributed by atoms with E-state index in [2.05, 4.69) is 34.9 Å². The van der Waals surface area contributed by atoms with Crippen molar-refractivity contribution in [2.75, 3.05) is 0 Å². The number of aliphatic hydroxyl groups is 1. The highest BCUT2D eigenvalue weighted by molar-refractivity contribution is 5.81. The second kappa shape index (κ2) is 4.77. The molecule has 1 unspecified atom stereocenters. The Labute approximate surface area is 108 Å². The minimum Gasteiger partial charge on any atom is -0.393 e. The summed E-state index contributed by atoms with van der Waals surface area (Å²) >= 11 is 0. The third-order valence-electron chi connectivity index (χ3n) is 4.02. The smallest absolute Gasteiger partial charge is 0.0566 e. The van der Waals surface area contributed by atoms with E-state index in [1.807, 2.05) is 6.92 Å². The van der Waals surface area contributed by atoms with Gasteiger partial charge in [0.15, 0.2) is 0 Å². The second-order valence-corrected chi connectivity index (χ2v) is 5.56. The topological polar surface area (TPSA) is 25.2 Å². The van der Waals surface area contributed by atoms with Crippen molar-refractivity contribution in [2.45, 2.75) is 51.2 Å². The number of benzene rings is 1. The van der Waals surface area contributed by atoms with Crippen LogP contribution in [0.5, 0.6) is 0 Å². The third-order valence-corrected chi connectivity index (χ3v) is 4.02. The Morgan fingerprint density at radius 1 is 1.28 bits per heavy atom. The Kier molecular flexibility index (Phi) is 3.13. The molecule has 1 fully saturated rings. The van der Waals surface area contributed by atoms with Gasteiger partial charge in [-0.05, 0) is 37.3 Å². The third kappa shape index (κ3) is 2.05. The number of fused-ring (bicyclic) bond motifs is 1. The predicted molar refractivity (Wildman–Crippen MR) is 74.8 cm³/mol. The number of aliphatic hydroxyl groups excluding tert-OH is 1. The molecule has 1 aliphatic rings. The van der Waals surface area contributed by atoms with Gasteiger partial charge in [-0.15, -0.1) is 0 Å². The van der Waals surface area contributed by atoms with Crippen LogP contribution in [0.25, 0.3) is 10.9 Å². The maximum atomic E-state index is 9.68. The van der Waals surface area contributed by atoms with Gasteiger partial charge >= 0.3 is 0 Å². The van der Waals surface area contributed by atoms with E-state index in [9.17, 15) is 5.11 Å². The fourth-order valence-electron chi connectivity index (χ4n) is 3.29. The minimum atomic E-state index is -0.269. The molecular formula is C16H21NO. The fourth-order valence-corrected chi connectivity index (χ4v) is 3.29. The second-order valence-electron chi connectivity index (χ2n) is 5.56. The van der Waals surface area contributed by atoms with Gasteiger partial charge in [-0.1, -0.05) is 31.0 Å². The first-order valence-electron chi connectivity index (χ1n) is 7.02. The Bertz CT molecular complexity index is 535. The van der Waals surface area contributed by atoms with Crippen molar-refractivity contribution in [1.29, 1.82) is 0 Å². The zero-order chi connectivity index (χ0) is 12.5. The van der Waals surface area contributed by atoms with E-state index >= 15 is 0 Å². The van der Waals surface area contributed by atoms with Crippen molar-refractivity contribution in [3.8, 4) is 0 Å². The van der Waals surface area contributed by atoms with Gasteiger partial charge in [0.1, 0.15) is 0 Å². The van der Waals surface area contributed by atoms with Crippen molar-refractivity contribution in [3.63, 3.8) is 0 Å². The van der Waals surface area contributed by atoms with Gasteiger partial charge in [0.2, 0.25) is 0 Å². The molecule has 1 N–H and O–H groups in total. The molecule has 1 atom stereocenters. The lowest BCUT2D eigenvalue weighted by atomic mass is 10.2. The van der Waals surface area contributed by atoms with Crippen LogP contribution in [0, 0.1) is 0 Å². The first-order chi connectivity index (χ1) is 8.75. The number of hydrogen-bond acceptors (Lipinski definition) is 1. The van der Waals surface area contributed by atoms with Crippen molar-refractivity contribution >= 4 is 10.9 Å². The van der Waals surface area contributed by atoms with E-state index in [1.54, 1.807) is 0 Å². The summed E-state index contributed by atoms with van der Waals surface area (Å²) in [5.41, 5.74) is 2.62. The molecular weight excluding hydrogens is 222 g/mol. The molecule has 96 valence electrons. The largest absolute Gasteiger partial charge is 0.393 e. The molecule has 0 saturated heterocycles. The van der Waals surface area contributed by atoms with Crippen LogP contribution in [0.4, 0.5) is 0 Å². The summed E-state index contributed by atoms with van der Waals surface area (Å²) in [6, 6.07) is 11.5. The Morgan fingerprint density at radius 2 is 2.00 bits per heavy atom. The first kappa shape index (κ1) is 11.8. The van der Waals surface area contributed by atoms with Gasteiger partial charge in [0, 0.05) is 23.7 Å².